The Kier molecular flexibility index (Phi) is 3.27. The quantitative estimate of drug-likeness (QED) is 0.800. The van der Waals surface area contributed by atoms with Crippen molar-refractivity contribution in [2.24, 2.45) is 0 Å². The Morgan fingerprint density at radius 1 is 1.29 bits per heavy atom. The Morgan fingerprint density at radius 2 is 2.10 bits per heavy atom. The number of rotatable bonds is 3. The van der Waals surface area contributed by atoms with Gasteiger partial charge in [-0.3, -0.25) is 4.79 Å². The predicted molar refractivity (Wildman–Crippen MR) is 78.7 cm³/mol. The average molecular weight is 282 g/mol. The molecule has 0 fully saturated rings. The number of nitrogens with zero attached hydrogens (tertiary/aromatic N) is 3. The summed E-state index contributed by atoms with van der Waals surface area (Å²) < 4.78 is 6.86. The van der Waals surface area contributed by atoms with Gasteiger partial charge >= 0.3 is 0 Å². The summed E-state index contributed by atoms with van der Waals surface area (Å²) in [5.41, 5.74) is 2.53. The molecule has 0 saturated heterocycles. The molecule has 3 aromatic rings. The van der Waals surface area contributed by atoms with Gasteiger partial charge in [-0.1, -0.05) is 12.1 Å². The van der Waals surface area contributed by atoms with Crippen LogP contribution in [0.1, 0.15) is 16.1 Å². The Morgan fingerprint density at radius 3 is 2.90 bits per heavy atom. The molecule has 0 aliphatic rings. The normalized spacial score (nSPS) is 10.6. The number of aromatic nitrogens is 3. The van der Waals surface area contributed by atoms with Gasteiger partial charge in [-0.2, -0.15) is 5.10 Å². The highest BCUT2D eigenvalue weighted by Crippen LogP contribution is 2.24. The molecule has 3 rings (SSSR count). The maximum atomic E-state index is 12.4. The van der Waals surface area contributed by atoms with Crippen molar-refractivity contribution >= 4 is 17.2 Å². The fourth-order valence-corrected chi connectivity index (χ4v) is 2.15. The van der Waals surface area contributed by atoms with Crippen molar-refractivity contribution in [3.63, 3.8) is 0 Å². The molecule has 6 nitrogen and oxygen atoms in total. The maximum Gasteiger partial charge on any atom is 0.259 e. The number of fused-ring (bicyclic) bond motifs is 1. The van der Waals surface area contributed by atoms with Gasteiger partial charge in [0.1, 0.15) is 5.75 Å². The molecule has 0 spiro atoms. The average Bonchev–Trinajstić information content (AvgIpc) is 2.97. The highest BCUT2D eigenvalue weighted by atomic mass is 16.5. The topological polar surface area (TPSA) is 68.5 Å². The third kappa shape index (κ3) is 2.31. The van der Waals surface area contributed by atoms with E-state index < -0.39 is 0 Å². The summed E-state index contributed by atoms with van der Waals surface area (Å²) in [7, 11) is 1.56. The van der Waals surface area contributed by atoms with E-state index in [2.05, 4.69) is 15.4 Å². The number of carbonyl (C=O) groups excluding carboxylic acids is 1. The van der Waals surface area contributed by atoms with Crippen molar-refractivity contribution in [3.8, 4) is 5.75 Å². The van der Waals surface area contributed by atoms with Gasteiger partial charge < -0.3 is 10.1 Å². The molecule has 0 aliphatic carbocycles. The lowest BCUT2D eigenvalue weighted by atomic mass is 10.2. The van der Waals surface area contributed by atoms with Gasteiger partial charge in [-0.05, 0) is 19.1 Å². The number of carbonyl (C=O) groups is 1. The van der Waals surface area contributed by atoms with Crippen molar-refractivity contribution in [1.29, 1.82) is 0 Å². The van der Waals surface area contributed by atoms with E-state index in [1.165, 1.54) is 0 Å². The summed E-state index contributed by atoms with van der Waals surface area (Å²) in [6, 6.07) is 9.04. The van der Waals surface area contributed by atoms with Crippen LogP contribution in [0.3, 0.4) is 0 Å². The van der Waals surface area contributed by atoms with E-state index in [-0.39, 0.29) is 5.91 Å². The van der Waals surface area contributed by atoms with E-state index in [0.717, 1.165) is 5.69 Å². The summed E-state index contributed by atoms with van der Waals surface area (Å²) in [6.07, 6.45) is 3.20. The molecule has 2 heterocycles. The maximum absolute atomic E-state index is 12.4. The Hall–Kier alpha value is -2.89. The van der Waals surface area contributed by atoms with E-state index in [1.54, 1.807) is 42.2 Å². The second kappa shape index (κ2) is 5.24. The van der Waals surface area contributed by atoms with Gasteiger partial charge in [0.25, 0.3) is 5.91 Å². The minimum atomic E-state index is -0.248. The molecule has 0 aliphatic heterocycles. The van der Waals surface area contributed by atoms with E-state index in [4.69, 9.17) is 4.74 Å². The van der Waals surface area contributed by atoms with Crippen LogP contribution in [-0.4, -0.2) is 27.6 Å². The lowest BCUT2D eigenvalue weighted by Gasteiger charge is -2.11. The van der Waals surface area contributed by atoms with Crippen LogP contribution in [-0.2, 0) is 0 Å². The van der Waals surface area contributed by atoms with Crippen molar-refractivity contribution in [2.45, 2.75) is 6.92 Å². The third-order valence-electron chi connectivity index (χ3n) is 3.26. The van der Waals surface area contributed by atoms with Crippen LogP contribution in [0, 0.1) is 6.92 Å². The zero-order chi connectivity index (χ0) is 14.8. The highest BCUT2D eigenvalue weighted by Gasteiger charge is 2.14. The first-order valence-electron chi connectivity index (χ1n) is 6.44. The molecular weight excluding hydrogens is 268 g/mol. The molecule has 6 heteroatoms. The Balaban J connectivity index is 1.95. The lowest BCUT2D eigenvalue weighted by molar-refractivity contribution is 0.102. The fraction of sp³-hybridized carbons (Fsp3) is 0.133. The molecule has 106 valence electrons. The zero-order valence-electron chi connectivity index (χ0n) is 11.7. The smallest absolute Gasteiger partial charge is 0.259 e. The SMILES string of the molecule is COc1ccccc1NC(=O)c1cnc2ccnn2c1C. The van der Waals surface area contributed by atoms with Gasteiger partial charge in [0.2, 0.25) is 0 Å². The minimum absolute atomic E-state index is 0.248. The zero-order valence-corrected chi connectivity index (χ0v) is 11.7. The fourth-order valence-electron chi connectivity index (χ4n) is 2.15. The molecule has 0 radical (unpaired) electrons. The molecule has 1 N–H and O–H groups in total. The van der Waals surface area contributed by atoms with Crippen LogP contribution in [0.2, 0.25) is 0 Å². The molecule has 0 bridgehead atoms. The van der Waals surface area contributed by atoms with Gasteiger partial charge in [0, 0.05) is 12.3 Å². The number of methoxy groups -OCH3 is 1. The molecule has 21 heavy (non-hydrogen) atoms. The monoisotopic (exact) mass is 282 g/mol. The van der Waals surface area contributed by atoms with Crippen molar-refractivity contribution in [2.75, 3.05) is 12.4 Å². The van der Waals surface area contributed by atoms with Gasteiger partial charge in [-0.15, -0.1) is 0 Å². The molecule has 0 saturated carbocycles. The predicted octanol–water partition coefficient (Wildman–Crippen LogP) is 2.30. The van der Waals surface area contributed by atoms with Crippen LogP contribution in [0.5, 0.6) is 5.75 Å². The summed E-state index contributed by atoms with van der Waals surface area (Å²) in [5.74, 6) is 0.360. The number of benzene rings is 1. The number of aryl methyl sites for hydroxylation is 1. The van der Waals surface area contributed by atoms with E-state index in [9.17, 15) is 4.79 Å². The summed E-state index contributed by atoms with van der Waals surface area (Å²) in [6.45, 7) is 1.83. The van der Waals surface area contributed by atoms with Gasteiger partial charge in [0.05, 0.1) is 30.3 Å². The second-order valence-electron chi connectivity index (χ2n) is 4.51. The first-order chi connectivity index (χ1) is 10.2. The number of hydrogen-bond donors (Lipinski definition) is 1. The number of anilines is 1. The molecule has 0 atom stereocenters. The molecule has 1 amide bonds. The summed E-state index contributed by atoms with van der Waals surface area (Å²) in [5, 5.41) is 6.98. The number of nitrogens with one attached hydrogen (secondary N) is 1. The number of para-hydroxylation sites is 2. The molecule has 1 aromatic carbocycles. The Labute approximate surface area is 121 Å². The number of hydrogen-bond acceptors (Lipinski definition) is 4. The first-order valence-corrected chi connectivity index (χ1v) is 6.44. The number of amides is 1. The van der Waals surface area contributed by atoms with Crippen LogP contribution < -0.4 is 10.1 Å². The van der Waals surface area contributed by atoms with Crippen LogP contribution in [0.4, 0.5) is 5.69 Å². The lowest BCUT2D eigenvalue weighted by Crippen LogP contribution is -2.16. The summed E-state index contributed by atoms with van der Waals surface area (Å²) in [4.78, 5) is 16.6. The molecule has 2 aromatic heterocycles. The van der Waals surface area contributed by atoms with Crippen LogP contribution in [0.25, 0.3) is 5.65 Å². The van der Waals surface area contributed by atoms with Crippen molar-refractivity contribution in [3.05, 3.63) is 54.0 Å². The van der Waals surface area contributed by atoms with Crippen LogP contribution in [0.15, 0.2) is 42.7 Å². The van der Waals surface area contributed by atoms with Gasteiger partial charge in [0.15, 0.2) is 5.65 Å². The van der Waals surface area contributed by atoms with Crippen molar-refractivity contribution < 1.29 is 9.53 Å². The standard InChI is InChI=1S/C15H14N4O2/c1-10-11(9-16-14-7-8-17-19(10)14)15(20)18-12-5-3-4-6-13(12)21-2/h3-9H,1-2H3,(H,18,20). The Bertz CT molecular complexity index is 810. The van der Waals surface area contributed by atoms with Gasteiger partial charge in [-0.25, -0.2) is 9.50 Å². The van der Waals surface area contributed by atoms with Crippen molar-refractivity contribution in [1.82, 2.24) is 14.6 Å². The first kappa shape index (κ1) is 13.1. The minimum Gasteiger partial charge on any atom is -0.495 e. The summed E-state index contributed by atoms with van der Waals surface area (Å²) >= 11 is 0. The third-order valence-corrected chi connectivity index (χ3v) is 3.26. The largest absolute Gasteiger partial charge is 0.495 e. The van der Waals surface area contributed by atoms with E-state index in [0.29, 0.717) is 22.6 Å². The van der Waals surface area contributed by atoms with E-state index >= 15 is 0 Å². The number of ether oxygens (including phenoxy) is 1. The highest BCUT2D eigenvalue weighted by molar-refractivity contribution is 6.05. The second-order valence-corrected chi connectivity index (χ2v) is 4.51. The van der Waals surface area contributed by atoms with E-state index in [1.807, 2.05) is 19.1 Å². The molecule has 0 unspecified atom stereocenters. The molecular formula is C15H14N4O2. The van der Waals surface area contributed by atoms with Crippen LogP contribution >= 0.6 is 0 Å².